The minimum absolute atomic E-state index is 0.161. The number of carbonyl (C=O) groups is 1. The van der Waals surface area contributed by atoms with Gasteiger partial charge < -0.3 is 9.47 Å². The largest absolute Gasteiger partial charge is 0.481 e. The van der Waals surface area contributed by atoms with Crippen LogP contribution in [0.25, 0.3) is 11.1 Å². The molecule has 0 radical (unpaired) electrons. The number of esters is 1. The van der Waals surface area contributed by atoms with Gasteiger partial charge in [0, 0.05) is 28.0 Å². The molecule has 0 aliphatic heterocycles. The summed E-state index contributed by atoms with van der Waals surface area (Å²) in [5.41, 5.74) is 2.03. The van der Waals surface area contributed by atoms with Gasteiger partial charge in [-0.25, -0.2) is 4.79 Å². The standard InChI is InChI=1S/C18H20ClNO3/c1-12-14(6-5-9-20-12)15-10-13(19)7-8-16(15)22-11-17(21)23-18(2,3)4/h5-10H,11H2,1-4H3. The van der Waals surface area contributed by atoms with E-state index in [4.69, 9.17) is 21.1 Å². The third kappa shape index (κ3) is 4.96. The van der Waals surface area contributed by atoms with Gasteiger partial charge >= 0.3 is 5.97 Å². The van der Waals surface area contributed by atoms with E-state index < -0.39 is 11.6 Å². The van der Waals surface area contributed by atoms with Crippen LogP contribution in [0.2, 0.25) is 5.02 Å². The minimum atomic E-state index is -0.538. The van der Waals surface area contributed by atoms with Crippen LogP contribution in [0.4, 0.5) is 0 Å². The van der Waals surface area contributed by atoms with Gasteiger partial charge in [-0.3, -0.25) is 4.98 Å². The topological polar surface area (TPSA) is 48.4 Å². The normalized spacial score (nSPS) is 11.2. The van der Waals surface area contributed by atoms with Crippen molar-refractivity contribution in [3.8, 4) is 16.9 Å². The molecule has 0 saturated heterocycles. The second kappa shape index (κ2) is 7.01. The molecular formula is C18H20ClNO3. The average molecular weight is 334 g/mol. The molecule has 0 aliphatic rings. The Kier molecular flexibility index (Phi) is 5.26. The molecule has 4 nitrogen and oxygen atoms in total. The summed E-state index contributed by atoms with van der Waals surface area (Å²) in [7, 11) is 0. The number of nitrogens with zero attached hydrogens (tertiary/aromatic N) is 1. The molecule has 0 unspecified atom stereocenters. The molecule has 0 atom stereocenters. The van der Waals surface area contributed by atoms with Crippen molar-refractivity contribution in [1.82, 2.24) is 4.98 Å². The maximum Gasteiger partial charge on any atom is 0.344 e. The van der Waals surface area contributed by atoms with E-state index in [1.165, 1.54) is 0 Å². The molecule has 1 aromatic carbocycles. The predicted molar refractivity (Wildman–Crippen MR) is 90.8 cm³/mol. The Labute approximate surface area is 141 Å². The van der Waals surface area contributed by atoms with E-state index in [2.05, 4.69) is 4.98 Å². The molecule has 0 spiro atoms. The van der Waals surface area contributed by atoms with Crippen molar-refractivity contribution >= 4 is 17.6 Å². The first-order valence-electron chi connectivity index (χ1n) is 7.32. The Morgan fingerprint density at radius 2 is 1.96 bits per heavy atom. The number of aryl methyl sites for hydroxylation is 1. The Hall–Kier alpha value is -2.07. The van der Waals surface area contributed by atoms with Crippen LogP contribution in [0.3, 0.4) is 0 Å². The Bertz CT molecular complexity index is 708. The quantitative estimate of drug-likeness (QED) is 0.776. The molecule has 0 fully saturated rings. The highest BCUT2D eigenvalue weighted by Gasteiger charge is 2.18. The van der Waals surface area contributed by atoms with Gasteiger partial charge in [0.25, 0.3) is 0 Å². The maximum absolute atomic E-state index is 11.8. The van der Waals surface area contributed by atoms with E-state index in [0.29, 0.717) is 10.8 Å². The third-order valence-corrected chi connectivity index (χ3v) is 3.24. The molecule has 122 valence electrons. The zero-order valence-electron chi connectivity index (χ0n) is 13.7. The summed E-state index contributed by atoms with van der Waals surface area (Å²) in [6.45, 7) is 7.20. The van der Waals surface area contributed by atoms with Gasteiger partial charge in [-0.1, -0.05) is 17.7 Å². The summed E-state index contributed by atoms with van der Waals surface area (Å²) in [5.74, 6) is 0.151. The summed E-state index contributed by atoms with van der Waals surface area (Å²) in [6, 6.07) is 9.06. The molecule has 5 heteroatoms. The number of hydrogen-bond donors (Lipinski definition) is 0. The fourth-order valence-electron chi connectivity index (χ4n) is 2.12. The maximum atomic E-state index is 11.8. The highest BCUT2D eigenvalue weighted by atomic mass is 35.5. The summed E-state index contributed by atoms with van der Waals surface area (Å²) < 4.78 is 10.9. The molecule has 0 N–H and O–H groups in total. The Balaban J connectivity index is 2.23. The van der Waals surface area contributed by atoms with Crippen molar-refractivity contribution in [3.05, 3.63) is 47.2 Å². The van der Waals surface area contributed by atoms with Crippen molar-refractivity contribution < 1.29 is 14.3 Å². The third-order valence-electron chi connectivity index (χ3n) is 3.00. The monoisotopic (exact) mass is 333 g/mol. The van der Waals surface area contributed by atoms with Crippen molar-refractivity contribution in [3.63, 3.8) is 0 Å². The summed E-state index contributed by atoms with van der Waals surface area (Å²) in [5, 5.41) is 0.591. The van der Waals surface area contributed by atoms with Crippen LogP contribution in [-0.4, -0.2) is 23.2 Å². The molecule has 2 aromatic rings. The summed E-state index contributed by atoms with van der Waals surface area (Å²) >= 11 is 6.10. The highest BCUT2D eigenvalue weighted by Crippen LogP contribution is 2.33. The number of hydrogen-bond acceptors (Lipinski definition) is 4. The van der Waals surface area contributed by atoms with E-state index in [9.17, 15) is 4.79 Å². The van der Waals surface area contributed by atoms with Gasteiger partial charge in [0.15, 0.2) is 6.61 Å². The lowest BCUT2D eigenvalue weighted by atomic mass is 10.0. The van der Waals surface area contributed by atoms with Crippen molar-refractivity contribution in [2.24, 2.45) is 0 Å². The summed E-state index contributed by atoms with van der Waals surface area (Å²) in [6.07, 6.45) is 1.73. The van der Waals surface area contributed by atoms with Crippen LogP contribution in [0.15, 0.2) is 36.5 Å². The van der Waals surface area contributed by atoms with Crippen LogP contribution in [0.5, 0.6) is 5.75 Å². The first-order chi connectivity index (χ1) is 10.8. The molecular weight excluding hydrogens is 314 g/mol. The van der Waals surface area contributed by atoms with Crippen LogP contribution in [0.1, 0.15) is 26.5 Å². The van der Waals surface area contributed by atoms with Gasteiger partial charge in [-0.05, 0) is 52.0 Å². The first-order valence-corrected chi connectivity index (χ1v) is 7.70. The van der Waals surface area contributed by atoms with E-state index >= 15 is 0 Å². The van der Waals surface area contributed by atoms with E-state index in [1.54, 1.807) is 24.4 Å². The highest BCUT2D eigenvalue weighted by molar-refractivity contribution is 6.31. The molecule has 23 heavy (non-hydrogen) atoms. The number of rotatable bonds is 4. The molecule has 0 saturated carbocycles. The van der Waals surface area contributed by atoms with Gasteiger partial charge in [0.05, 0.1) is 0 Å². The van der Waals surface area contributed by atoms with E-state index in [-0.39, 0.29) is 6.61 Å². The predicted octanol–water partition coefficient (Wildman–Crippen LogP) is 4.43. The Morgan fingerprint density at radius 1 is 1.22 bits per heavy atom. The summed E-state index contributed by atoms with van der Waals surface area (Å²) in [4.78, 5) is 16.1. The zero-order chi connectivity index (χ0) is 17.0. The lowest BCUT2D eigenvalue weighted by Crippen LogP contribution is -2.27. The second-order valence-corrected chi connectivity index (χ2v) is 6.59. The lowest BCUT2D eigenvalue weighted by Gasteiger charge is -2.20. The van der Waals surface area contributed by atoms with E-state index in [1.807, 2.05) is 39.8 Å². The van der Waals surface area contributed by atoms with Crippen LogP contribution in [-0.2, 0) is 9.53 Å². The van der Waals surface area contributed by atoms with Crippen LogP contribution in [0, 0.1) is 6.92 Å². The zero-order valence-corrected chi connectivity index (χ0v) is 14.5. The average Bonchev–Trinajstić information content (AvgIpc) is 2.44. The molecule has 2 rings (SSSR count). The number of aromatic nitrogens is 1. The van der Waals surface area contributed by atoms with Gasteiger partial charge in [-0.15, -0.1) is 0 Å². The number of carbonyl (C=O) groups excluding carboxylic acids is 1. The smallest absolute Gasteiger partial charge is 0.344 e. The van der Waals surface area contributed by atoms with Gasteiger partial charge in [0.1, 0.15) is 11.4 Å². The lowest BCUT2D eigenvalue weighted by molar-refractivity contribution is -0.157. The first kappa shape index (κ1) is 17.3. The Morgan fingerprint density at radius 3 is 2.61 bits per heavy atom. The van der Waals surface area contributed by atoms with Gasteiger partial charge in [0.2, 0.25) is 0 Å². The second-order valence-electron chi connectivity index (χ2n) is 6.15. The molecule has 1 heterocycles. The molecule has 1 aromatic heterocycles. The molecule has 0 amide bonds. The SMILES string of the molecule is Cc1ncccc1-c1cc(Cl)ccc1OCC(=O)OC(C)(C)C. The molecule has 0 aliphatic carbocycles. The van der Waals surface area contributed by atoms with Crippen molar-refractivity contribution in [2.45, 2.75) is 33.3 Å². The number of benzene rings is 1. The molecule has 0 bridgehead atoms. The van der Waals surface area contributed by atoms with Crippen LogP contribution < -0.4 is 4.74 Å². The van der Waals surface area contributed by atoms with Crippen LogP contribution >= 0.6 is 11.6 Å². The fourth-order valence-corrected chi connectivity index (χ4v) is 2.29. The minimum Gasteiger partial charge on any atom is -0.481 e. The van der Waals surface area contributed by atoms with Crippen molar-refractivity contribution in [1.29, 1.82) is 0 Å². The van der Waals surface area contributed by atoms with E-state index in [0.717, 1.165) is 16.8 Å². The van der Waals surface area contributed by atoms with Crippen molar-refractivity contribution in [2.75, 3.05) is 6.61 Å². The number of pyridine rings is 1. The number of halogens is 1. The fraction of sp³-hybridized carbons (Fsp3) is 0.333. The van der Waals surface area contributed by atoms with Gasteiger partial charge in [-0.2, -0.15) is 0 Å². The number of ether oxygens (including phenoxy) is 2.